The molecule has 0 saturated heterocycles. The van der Waals surface area contributed by atoms with Gasteiger partial charge in [-0.2, -0.15) is 0 Å². The van der Waals surface area contributed by atoms with Crippen molar-refractivity contribution < 1.29 is 17.9 Å². The van der Waals surface area contributed by atoms with Gasteiger partial charge in [0.2, 0.25) is 0 Å². The number of rotatable bonds is 5. The van der Waals surface area contributed by atoms with E-state index in [-0.39, 0.29) is 22.4 Å². The van der Waals surface area contributed by atoms with Crippen molar-refractivity contribution in [2.24, 2.45) is 0 Å². The Hall–Kier alpha value is -2.09. The minimum atomic E-state index is -3.78. The largest absolute Gasteiger partial charge is 0.375 e. The van der Waals surface area contributed by atoms with Crippen molar-refractivity contribution in [2.75, 3.05) is 29.9 Å². The van der Waals surface area contributed by atoms with Crippen LogP contribution in [0.4, 0.5) is 11.4 Å². The van der Waals surface area contributed by atoms with E-state index in [1.807, 2.05) is 0 Å². The Morgan fingerprint density at radius 3 is 2.76 bits per heavy atom. The first kappa shape index (κ1) is 17.7. The molecule has 132 valence electrons. The molecule has 25 heavy (non-hydrogen) atoms. The third kappa shape index (κ3) is 3.63. The summed E-state index contributed by atoms with van der Waals surface area (Å²) in [5.74, 6) is -0.120. The Kier molecular flexibility index (Phi) is 4.99. The quantitative estimate of drug-likeness (QED) is 0.865. The fourth-order valence-electron chi connectivity index (χ4n) is 2.80. The molecule has 0 radical (unpaired) electrons. The molecule has 0 atom stereocenters. The molecule has 1 N–H and O–H groups in total. The van der Waals surface area contributed by atoms with E-state index in [0.717, 1.165) is 11.3 Å². The Labute approximate surface area is 151 Å². The third-order valence-corrected chi connectivity index (χ3v) is 5.80. The van der Waals surface area contributed by atoms with Crippen molar-refractivity contribution in [1.82, 2.24) is 0 Å². The molecule has 0 aliphatic carbocycles. The average molecular weight is 381 g/mol. The number of benzene rings is 2. The minimum absolute atomic E-state index is 0.0142. The fraction of sp³-hybridized carbons (Fsp3) is 0.235. The summed E-state index contributed by atoms with van der Waals surface area (Å²) in [6.45, 7) is 0.568. The Morgan fingerprint density at radius 1 is 1.28 bits per heavy atom. The topological polar surface area (TPSA) is 75.7 Å². The lowest BCUT2D eigenvalue weighted by molar-refractivity contribution is -0.122. The highest BCUT2D eigenvalue weighted by Gasteiger charge is 2.25. The van der Waals surface area contributed by atoms with Gasteiger partial charge in [-0.05, 0) is 42.3 Å². The van der Waals surface area contributed by atoms with Gasteiger partial charge >= 0.3 is 0 Å². The molecule has 6 nitrogen and oxygen atoms in total. The molecule has 2 aromatic carbocycles. The summed E-state index contributed by atoms with van der Waals surface area (Å²) in [7, 11) is -2.31. The standard InChI is InChI=1S/C17H17ClN2O4S/c1-24-11-17(21)20-9-8-12-10-13(6-7-15(12)20)19-25(22,23)16-5-3-2-4-14(16)18/h2-7,10,19H,8-9,11H2,1H3. The van der Waals surface area contributed by atoms with Crippen LogP contribution in [0.25, 0.3) is 0 Å². The Balaban J connectivity index is 1.84. The summed E-state index contributed by atoms with van der Waals surface area (Å²) in [4.78, 5) is 13.7. The zero-order valence-corrected chi connectivity index (χ0v) is 15.1. The maximum atomic E-state index is 12.5. The zero-order chi connectivity index (χ0) is 18.0. The van der Waals surface area contributed by atoms with Crippen molar-refractivity contribution in [3.05, 3.63) is 53.1 Å². The summed E-state index contributed by atoms with van der Waals surface area (Å²) in [6, 6.07) is 11.4. The van der Waals surface area contributed by atoms with Gasteiger partial charge in [0, 0.05) is 25.0 Å². The molecule has 1 heterocycles. The minimum Gasteiger partial charge on any atom is -0.375 e. The van der Waals surface area contributed by atoms with Crippen molar-refractivity contribution in [2.45, 2.75) is 11.3 Å². The van der Waals surface area contributed by atoms with E-state index in [1.54, 1.807) is 35.2 Å². The van der Waals surface area contributed by atoms with E-state index in [1.165, 1.54) is 19.2 Å². The van der Waals surface area contributed by atoms with Crippen molar-refractivity contribution in [3.8, 4) is 0 Å². The first-order chi connectivity index (χ1) is 11.9. The van der Waals surface area contributed by atoms with Crippen LogP contribution in [0.2, 0.25) is 5.02 Å². The molecular formula is C17H17ClN2O4S. The smallest absolute Gasteiger partial charge is 0.263 e. The summed E-state index contributed by atoms with van der Waals surface area (Å²) in [5, 5.41) is 0.160. The highest BCUT2D eigenvalue weighted by molar-refractivity contribution is 7.92. The van der Waals surface area contributed by atoms with Crippen molar-refractivity contribution >= 4 is 38.9 Å². The lowest BCUT2D eigenvalue weighted by Crippen LogP contribution is -2.31. The van der Waals surface area contributed by atoms with Crippen LogP contribution in [0.15, 0.2) is 47.4 Å². The summed E-state index contributed by atoms with van der Waals surface area (Å²) in [5.41, 5.74) is 2.12. The van der Waals surface area contributed by atoms with E-state index >= 15 is 0 Å². The molecule has 0 aromatic heterocycles. The van der Waals surface area contributed by atoms with Gasteiger partial charge in [-0.25, -0.2) is 8.42 Å². The molecule has 3 rings (SSSR count). The molecule has 0 fully saturated rings. The molecule has 0 spiro atoms. The molecule has 8 heteroatoms. The number of ether oxygens (including phenoxy) is 1. The van der Waals surface area contributed by atoms with Gasteiger partial charge in [0.1, 0.15) is 11.5 Å². The Bertz CT molecular complexity index is 915. The first-order valence-electron chi connectivity index (χ1n) is 7.62. The van der Waals surface area contributed by atoms with E-state index < -0.39 is 10.0 Å². The van der Waals surface area contributed by atoms with Crippen LogP contribution in [0, 0.1) is 0 Å². The molecule has 0 saturated carbocycles. The van der Waals surface area contributed by atoms with Crippen LogP contribution < -0.4 is 9.62 Å². The second kappa shape index (κ2) is 7.03. The van der Waals surface area contributed by atoms with Crippen LogP contribution in [0.3, 0.4) is 0 Å². The van der Waals surface area contributed by atoms with Gasteiger partial charge in [-0.3, -0.25) is 9.52 Å². The van der Waals surface area contributed by atoms with Crippen molar-refractivity contribution in [3.63, 3.8) is 0 Å². The fourth-order valence-corrected chi connectivity index (χ4v) is 4.37. The van der Waals surface area contributed by atoms with E-state index in [2.05, 4.69) is 4.72 Å². The molecule has 1 aliphatic heterocycles. The lowest BCUT2D eigenvalue weighted by Gasteiger charge is -2.17. The molecule has 0 unspecified atom stereocenters. The SMILES string of the molecule is COCC(=O)N1CCc2cc(NS(=O)(=O)c3ccccc3Cl)ccc21. The van der Waals surface area contributed by atoms with Crippen molar-refractivity contribution in [1.29, 1.82) is 0 Å². The van der Waals surface area contributed by atoms with E-state index in [0.29, 0.717) is 18.7 Å². The number of hydrogen-bond donors (Lipinski definition) is 1. The normalized spacial score (nSPS) is 13.6. The number of halogens is 1. The first-order valence-corrected chi connectivity index (χ1v) is 9.48. The second-order valence-corrected chi connectivity index (χ2v) is 7.67. The molecular weight excluding hydrogens is 364 g/mol. The number of amides is 1. The molecule has 2 aromatic rings. The van der Waals surface area contributed by atoms with Gasteiger partial charge in [-0.1, -0.05) is 23.7 Å². The monoisotopic (exact) mass is 380 g/mol. The molecule has 1 aliphatic rings. The maximum Gasteiger partial charge on any atom is 0.263 e. The highest BCUT2D eigenvalue weighted by Crippen LogP contribution is 2.32. The van der Waals surface area contributed by atoms with Crippen LogP contribution >= 0.6 is 11.6 Å². The summed E-state index contributed by atoms with van der Waals surface area (Å²) >= 11 is 5.98. The third-order valence-electron chi connectivity index (χ3n) is 3.92. The Morgan fingerprint density at radius 2 is 2.04 bits per heavy atom. The average Bonchev–Trinajstić information content (AvgIpc) is 2.98. The number of carbonyl (C=O) groups excluding carboxylic acids is 1. The maximum absolute atomic E-state index is 12.5. The lowest BCUT2D eigenvalue weighted by atomic mass is 10.1. The van der Waals surface area contributed by atoms with Gasteiger partial charge in [0.15, 0.2) is 0 Å². The van der Waals surface area contributed by atoms with Crippen LogP contribution in [-0.2, 0) is 26.0 Å². The van der Waals surface area contributed by atoms with Gasteiger partial charge in [0.25, 0.3) is 15.9 Å². The van der Waals surface area contributed by atoms with Crippen LogP contribution in [-0.4, -0.2) is 34.6 Å². The number of fused-ring (bicyclic) bond motifs is 1. The van der Waals surface area contributed by atoms with E-state index in [9.17, 15) is 13.2 Å². The molecule has 1 amide bonds. The highest BCUT2D eigenvalue weighted by atomic mass is 35.5. The number of nitrogens with one attached hydrogen (secondary N) is 1. The number of anilines is 2. The molecule has 0 bridgehead atoms. The second-order valence-electron chi connectivity index (χ2n) is 5.61. The number of hydrogen-bond acceptors (Lipinski definition) is 4. The van der Waals surface area contributed by atoms with Gasteiger partial charge in [0.05, 0.1) is 5.02 Å². The zero-order valence-electron chi connectivity index (χ0n) is 13.5. The number of carbonyl (C=O) groups is 1. The van der Waals surface area contributed by atoms with Crippen LogP contribution in [0.5, 0.6) is 0 Å². The van der Waals surface area contributed by atoms with E-state index in [4.69, 9.17) is 16.3 Å². The van der Waals surface area contributed by atoms with Gasteiger partial charge < -0.3 is 9.64 Å². The van der Waals surface area contributed by atoms with Gasteiger partial charge in [-0.15, -0.1) is 0 Å². The predicted molar refractivity (Wildman–Crippen MR) is 96.6 cm³/mol. The summed E-state index contributed by atoms with van der Waals surface area (Å²) < 4.78 is 32.4. The predicted octanol–water partition coefficient (Wildman–Crippen LogP) is 2.68. The number of methoxy groups -OCH3 is 1. The number of nitrogens with zero attached hydrogens (tertiary/aromatic N) is 1. The summed E-state index contributed by atoms with van der Waals surface area (Å²) in [6.07, 6.45) is 0.659. The van der Waals surface area contributed by atoms with Crippen LogP contribution in [0.1, 0.15) is 5.56 Å². The number of sulfonamides is 1.